The van der Waals surface area contributed by atoms with Crippen LogP contribution in [0.15, 0.2) is 47.1 Å². The molecule has 7 heteroatoms. The van der Waals surface area contributed by atoms with E-state index in [1.165, 1.54) is 6.07 Å². The van der Waals surface area contributed by atoms with E-state index in [1.54, 1.807) is 55.4 Å². The van der Waals surface area contributed by atoms with Gasteiger partial charge >= 0.3 is 0 Å². The van der Waals surface area contributed by atoms with Crippen LogP contribution in [0.1, 0.15) is 21.9 Å². The SMILES string of the molecule is COc1cc(NC(=O)c2cc(C#N)oc2C)cc(-n2cccn2)c1. The van der Waals surface area contributed by atoms with Crippen molar-refractivity contribution in [3.05, 3.63) is 59.8 Å². The molecule has 1 amide bonds. The number of amides is 1. The van der Waals surface area contributed by atoms with E-state index in [9.17, 15) is 4.79 Å². The molecule has 0 spiro atoms. The summed E-state index contributed by atoms with van der Waals surface area (Å²) in [5, 5.41) is 15.8. The minimum Gasteiger partial charge on any atom is -0.497 e. The zero-order valence-electron chi connectivity index (χ0n) is 13.1. The van der Waals surface area contributed by atoms with Crippen molar-refractivity contribution in [1.29, 1.82) is 5.26 Å². The van der Waals surface area contributed by atoms with Crippen molar-refractivity contribution in [2.75, 3.05) is 12.4 Å². The van der Waals surface area contributed by atoms with Gasteiger partial charge in [-0.15, -0.1) is 0 Å². The fraction of sp³-hybridized carbons (Fsp3) is 0.118. The van der Waals surface area contributed by atoms with Crippen molar-refractivity contribution < 1.29 is 13.9 Å². The van der Waals surface area contributed by atoms with Gasteiger partial charge in [0.25, 0.3) is 5.91 Å². The number of ether oxygens (including phenoxy) is 1. The number of carbonyl (C=O) groups is 1. The first kappa shape index (κ1) is 15.4. The molecule has 0 aliphatic heterocycles. The monoisotopic (exact) mass is 322 g/mol. The fourth-order valence-corrected chi connectivity index (χ4v) is 2.29. The minimum atomic E-state index is -0.364. The summed E-state index contributed by atoms with van der Waals surface area (Å²) in [5.41, 5.74) is 1.61. The number of nitrogens with one attached hydrogen (secondary N) is 1. The van der Waals surface area contributed by atoms with Crippen LogP contribution in [0.25, 0.3) is 5.69 Å². The van der Waals surface area contributed by atoms with Crippen molar-refractivity contribution in [1.82, 2.24) is 9.78 Å². The molecular formula is C17H14N4O3. The Kier molecular flexibility index (Phi) is 4.03. The van der Waals surface area contributed by atoms with Gasteiger partial charge < -0.3 is 14.5 Å². The van der Waals surface area contributed by atoms with Gasteiger partial charge in [-0.25, -0.2) is 4.68 Å². The minimum absolute atomic E-state index is 0.0977. The Morgan fingerprint density at radius 3 is 2.83 bits per heavy atom. The summed E-state index contributed by atoms with van der Waals surface area (Å²) in [7, 11) is 1.55. The number of hydrogen-bond acceptors (Lipinski definition) is 5. The lowest BCUT2D eigenvalue weighted by molar-refractivity contribution is 0.102. The third-order valence-electron chi connectivity index (χ3n) is 3.43. The molecule has 0 bridgehead atoms. The van der Waals surface area contributed by atoms with Gasteiger partial charge in [0.1, 0.15) is 17.6 Å². The number of aromatic nitrogens is 2. The average Bonchev–Trinajstić information content (AvgIpc) is 3.23. The molecule has 0 fully saturated rings. The summed E-state index contributed by atoms with van der Waals surface area (Å²) < 4.78 is 12.1. The molecule has 7 nitrogen and oxygen atoms in total. The maximum absolute atomic E-state index is 12.4. The molecule has 0 atom stereocenters. The predicted octanol–water partition coefficient (Wildman–Crippen LogP) is 2.91. The van der Waals surface area contributed by atoms with Crippen LogP contribution in [0.3, 0.4) is 0 Å². The zero-order valence-corrected chi connectivity index (χ0v) is 13.1. The molecule has 0 saturated carbocycles. The number of aryl methyl sites for hydroxylation is 1. The average molecular weight is 322 g/mol. The molecule has 1 aromatic carbocycles. The first-order valence-electron chi connectivity index (χ1n) is 7.11. The summed E-state index contributed by atoms with van der Waals surface area (Å²) in [6.07, 6.45) is 3.45. The highest BCUT2D eigenvalue weighted by molar-refractivity contribution is 6.05. The Labute approximate surface area is 138 Å². The molecule has 0 aliphatic carbocycles. The maximum atomic E-state index is 12.4. The standard InChI is InChI=1S/C17H14N4O3/c1-11-16(9-15(10-18)24-11)17(22)20-12-6-13(8-14(7-12)23-2)21-5-3-4-19-21/h3-9H,1-2H3,(H,20,22). The van der Waals surface area contributed by atoms with E-state index in [0.717, 1.165) is 5.69 Å². The van der Waals surface area contributed by atoms with Gasteiger partial charge in [-0.3, -0.25) is 4.79 Å². The summed E-state index contributed by atoms with van der Waals surface area (Å²) in [5.74, 6) is 0.706. The van der Waals surface area contributed by atoms with Gasteiger partial charge in [0.15, 0.2) is 0 Å². The smallest absolute Gasteiger partial charge is 0.259 e. The Bertz CT molecular complexity index is 920. The molecule has 0 radical (unpaired) electrons. The second kappa shape index (κ2) is 6.30. The van der Waals surface area contributed by atoms with E-state index >= 15 is 0 Å². The molecule has 1 N–H and O–H groups in total. The lowest BCUT2D eigenvalue weighted by Gasteiger charge is -2.10. The molecule has 120 valence electrons. The molecule has 2 heterocycles. The molecule has 3 rings (SSSR count). The van der Waals surface area contributed by atoms with E-state index in [0.29, 0.717) is 22.8 Å². The molecule has 0 unspecified atom stereocenters. The zero-order chi connectivity index (χ0) is 17.1. The van der Waals surface area contributed by atoms with E-state index < -0.39 is 0 Å². The Balaban J connectivity index is 1.92. The topological polar surface area (TPSA) is 93.1 Å². The lowest BCUT2D eigenvalue weighted by atomic mass is 10.2. The number of nitrogens with zero attached hydrogens (tertiary/aromatic N) is 3. The van der Waals surface area contributed by atoms with Crippen molar-refractivity contribution in [3.63, 3.8) is 0 Å². The van der Waals surface area contributed by atoms with Crippen LogP contribution >= 0.6 is 0 Å². The number of furan rings is 1. The predicted molar refractivity (Wildman–Crippen MR) is 86.2 cm³/mol. The molecule has 0 aliphatic rings. The second-order valence-electron chi connectivity index (χ2n) is 5.02. The highest BCUT2D eigenvalue weighted by Crippen LogP contribution is 2.24. The Morgan fingerprint density at radius 2 is 2.21 bits per heavy atom. The summed E-state index contributed by atoms with van der Waals surface area (Å²) in [6, 6.07) is 10.4. The van der Waals surface area contributed by atoms with E-state index in [4.69, 9.17) is 14.4 Å². The van der Waals surface area contributed by atoms with Crippen LogP contribution in [-0.4, -0.2) is 22.8 Å². The van der Waals surface area contributed by atoms with Gasteiger partial charge in [0.2, 0.25) is 5.76 Å². The van der Waals surface area contributed by atoms with Crippen LogP contribution in [0.2, 0.25) is 0 Å². The third kappa shape index (κ3) is 2.98. The largest absolute Gasteiger partial charge is 0.497 e. The molecule has 3 aromatic rings. The van der Waals surface area contributed by atoms with Gasteiger partial charge in [-0.2, -0.15) is 10.4 Å². The van der Waals surface area contributed by atoms with Crippen LogP contribution in [0, 0.1) is 18.3 Å². The Morgan fingerprint density at radius 1 is 1.38 bits per heavy atom. The number of nitriles is 1. The van der Waals surface area contributed by atoms with E-state index in [-0.39, 0.29) is 11.7 Å². The fourth-order valence-electron chi connectivity index (χ4n) is 2.29. The highest BCUT2D eigenvalue weighted by atomic mass is 16.5. The first-order chi connectivity index (χ1) is 11.6. The lowest BCUT2D eigenvalue weighted by Crippen LogP contribution is -2.12. The third-order valence-corrected chi connectivity index (χ3v) is 3.43. The normalized spacial score (nSPS) is 10.2. The van der Waals surface area contributed by atoms with Crippen LogP contribution in [0.5, 0.6) is 5.75 Å². The number of hydrogen-bond donors (Lipinski definition) is 1. The van der Waals surface area contributed by atoms with Crippen LogP contribution in [0.4, 0.5) is 5.69 Å². The van der Waals surface area contributed by atoms with Crippen molar-refractivity contribution >= 4 is 11.6 Å². The van der Waals surface area contributed by atoms with Crippen molar-refractivity contribution in [3.8, 4) is 17.5 Å². The number of anilines is 1. The number of carbonyl (C=O) groups excluding carboxylic acids is 1. The van der Waals surface area contributed by atoms with Crippen LogP contribution < -0.4 is 10.1 Å². The van der Waals surface area contributed by atoms with Gasteiger partial charge in [0, 0.05) is 36.3 Å². The molecule has 0 saturated heterocycles. The van der Waals surface area contributed by atoms with Crippen molar-refractivity contribution in [2.45, 2.75) is 6.92 Å². The van der Waals surface area contributed by atoms with Gasteiger partial charge in [0.05, 0.1) is 18.4 Å². The van der Waals surface area contributed by atoms with Gasteiger partial charge in [-0.1, -0.05) is 0 Å². The maximum Gasteiger partial charge on any atom is 0.259 e. The first-order valence-corrected chi connectivity index (χ1v) is 7.11. The molecule has 2 aromatic heterocycles. The second-order valence-corrected chi connectivity index (χ2v) is 5.02. The highest BCUT2D eigenvalue weighted by Gasteiger charge is 2.16. The summed E-state index contributed by atoms with van der Waals surface area (Å²) in [4.78, 5) is 12.4. The molecule has 24 heavy (non-hydrogen) atoms. The quantitative estimate of drug-likeness (QED) is 0.797. The summed E-state index contributed by atoms with van der Waals surface area (Å²) in [6.45, 7) is 1.64. The van der Waals surface area contributed by atoms with Gasteiger partial charge in [-0.05, 0) is 19.1 Å². The van der Waals surface area contributed by atoms with Crippen LogP contribution in [-0.2, 0) is 0 Å². The molecular weight excluding hydrogens is 308 g/mol. The Hall–Kier alpha value is -3.53. The number of benzene rings is 1. The van der Waals surface area contributed by atoms with E-state index in [1.807, 2.05) is 6.07 Å². The number of methoxy groups -OCH3 is 1. The van der Waals surface area contributed by atoms with Crippen molar-refractivity contribution in [2.24, 2.45) is 0 Å². The number of rotatable bonds is 4. The van der Waals surface area contributed by atoms with E-state index in [2.05, 4.69) is 10.4 Å². The summed E-state index contributed by atoms with van der Waals surface area (Å²) >= 11 is 0.